The molecule has 5 heteroatoms. The fourth-order valence-electron chi connectivity index (χ4n) is 4.47. The molecule has 1 atom stereocenters. The second-order valence-electron chi connectivity index (χ2n) is 7.93. The van der Waals surface area contributed by atoms with Crippen LogP contribution in [0.2, 0.25) is 0 Å². The van der Waals surface area contributed by atoms with E-state index in [1.54, 1.807) is 0 Å². The fraction of sp³-hybridized carbons (Fsp3) is 0.391. The van der Waals surface area contributed by atoms with Gasteiger partial charge in [-0.2, -0.15) is 0 Å². The zero-order valence-corrected chi connectivity index (χ0v) is 16.8. The van der Waals surface area contributed by atoms with Crippen LogP contribution in [0.5, 0.6) is 0 Å². The second-order valence-corrected chi connectivity index (χ2v) is 8.99. The van der Waals surface area contributed by atoms with Gasteiger partial charge in [-0.15, -0.1) is 11.3 Å². The number of aromatic nitrogens is 1. The van der Waals surface area contributed by atoms with E-state index in [4.69, 9.17) is 4.98 Å². The molecule has 1 amide bonds. The topological polar surface area (TPSA) is 36.4 Å². The quantitative estimate of drug-likeness (QED) is 0.676. The number of amides is 1. The van der Waals surface area contributed by atoms with E-state index in [0.717, 1.165) is 44.5 Å². The molecular formula is C23H25N3OS. The maximum Gasteiger partial charge on any atom is 0.237 e. The highest BCUT2D eigenvalue weighted by atomic mass is 32.1. The summed E-state index contributed by atoms with van der Waals surface area (Å²) in [5.41, 5.74) is 3.79. The van der Waals surface area contributed by atoms with Gasteiger partial charge in [-0.1, -0.05) is 36.4 Å². The first kappa shape index (κ1) is 17.8. The molecule has 0 N–H and O–H groups in total. The predicted molar refractivity (Wildman–Crippen MR) is 114 cm³/mol. The monoisotopic (exact) mass is 391 g/mol. The lowest BCUT2D eigenvalue weighted by molar-refractivity contribution is -0.133. The number of hydrogen-bond acceptors (Lipinski definition) is 4. The average molecular weight is 392 g/mol. The normalized spacial score (nSPS) is 20.3. The zero-order valence-electron chi connectivity index (χ0n) is 16.0. The van der Waals surface area contributed by atoms with Gasteiger partial charge in [-0.25, -0.2) is 4.98 Å². The predicted octanol–water partition coefficient (Wildman–Crippen LogP) is 4.06. The molecule has 144 valence electrons. The first-order valence-electron chi connectivity index (χ1n) is 10.2. The van der Waals surface area contributed by atoms with Gasteiger partial charge in [0, 0.05) is 25.6 Å². The smallest absolute Gasteiger partial charge is 0.237 e. The molecule has 28 heavy (non-hydrogen) atoms. The van der Waals surface area contributed by atoms with Gasteiger partial charge in [0.25, 0.3) is 0 Å². The summed E-state index contributed by atoms with van der Waals surface area (Å²) in [4.78, 5) is 22.2. The third-order valence-electron chi connectivity index (χ3n) is 6.01. The van der Waals surface area contributed by atoms with Gasteiger partial charge in [-0.05, 0) is 49.1 Å². The molecule has 2 aromatic carbocycles. The number of carbonyl (C=O) groups excluding carboxylic acids is 1. The molecule has 0 spiro atoms. The molecule has 1 saturated heterocycles. The van der Waals surface area contributed by atoms with Crippen molar-refractivity contribution in [3.63, 3.8) is 0 Å². The summed E-state index contributed by atoms with van der Waals surface area (Å²) in [5.74, 6) is 0.709. The van der Waals surface area contributed by atoms with Crippen LogP contribution in [0.25, 0.3) is 10.2 Å². The molecule has 2 aliphatic rings. The number of hydrogen-bond donors (Lipinski definition) is 0. The number of para-hydroxylation sites is 1. The van der Waals surface area contributed by atoms with Crippen molar-refractivity contribution in [1.29, 1.82) is 0 Å². The van der Waals surface area contributed by atoms with Crippen molar-refractivity contribution in [1.82, 2.24) is 14.8 Å². The average Bonchev–Trinajstić information content (AvgIpc) is 3.18. The van der Waals surface area contributed by atoms with Crippen LogP contribution in [0.4, 0.5) is 0 Å². The van der Waals surface area contributed by atoms with E-state index in [1.165, 1.54) is 27.3 Å². The lowest BCUT2D eigenvalue weighted by Gasteiger charge is -2.34. The minimum atomic E-state index is 0.263. The summed E-state index contributed by atoms with van der Waals surface area (Å²) in [6, 6.07) is 16.9. The van der Waals surface area contributed by atoms with Crippen LogP contribution in [0.3, 0.4) is 0 Å². The summed E-state index contributed by atoms with van der Waals surface area (Å²) in [5, 5.41) is 1.23. The van der Waals surface area contributed by atoms with E-state index in [0.29, 0.717) is 12.5 Å². The van der Waals surface area contributed by atoms with Crippen LogP contribution in [-0.2, 0) is 17.8 Å². The van der Waals surface area contributed by atoms with Crippen molar-refractivity contribution < 1.29 is 4.79 Å². The Bertz CT molecular complexity index is 965. The van der Waals surface area contributed by atoms with E-state index in [9.17, 15) is 4.79 Å². The highest BCUT2D eigenvalue weighted by molar-refractivity contribution is 7.18. The van der Waals surface area contributed by atoms with Crippen molar-refractivity contribution in [2.45, 2.75) is 31.7 Å². The van der Waals surface area contributed by atoms with Gasteiger partial charge in [-0.3, -0.25) is 9.69 Å². The van der Waals surface area contributed by atoms with Gasteiger partial charge in [0.1, 0.15) is 0 Å². The lowest BCUT2D eigenvalue weighted by Crippen LogP contribution is -2.45. The van der Waals surface area contributed by atoms with Gasteiger partial charge >= 0.3 is 0 Å². The van der Waals surface area contributed by atoms with Crippen LogP contribution in [-0.4, -0.2) is 46.9 Å². The number of rotatable bonds is 3. The Morgan fingerprint density at radius 3 is 2.79 bits per heavy atom. The van der Waals surface area contributed by atoms with E-state index in [1.807, 2.05) is 16.2 Å². The van der Waals surface area contributed by atoms with Crippen molar-refractivity contribution in [3.8, 4) is 0 Å². The van der Waals surface area contributed by atoms with Gasteiger partial charge in [0.15, 0.2) is 0 Å². The van der Waals surface area contributed by atoms with E-state index in [2.05, 4.69) is 53.4 Å². The summed E-state index contributed by atoms with van der Waals surface area (Å²) >= 11 is 1.81. The molecule has 2 aliphatic heterocycles. The molecule has 1 fully saturated rings. The molecule has 3 heterocycles. The van der Waals surface area contributed by atoms with E-state index in [-0.39, 0.29) is 5.91 Å². The summed E-state index contributed by atoms with van der Waals surface area (Å²) in [6.07, 6.45) is 3.27. The molecule has 1 aromatic heterocycles. The third-order valence-corrected chi connectivity index (χ3v) is 7.21. The van der Waals surface area contributed by atoms with Crippen molar-refractivity contribution in [3.05, 3.63) is 64.7 Å². The Kier molecular flexibility index (Phi) is 4.87. The number of carbonyl (C=O) groups is 1. The van der Waals surface area contributed by atoms with Gasteiger partial charge in [0.2, 0.25) is 5.91 Å². The lowest BCUT2D eigenvalue weighted by atomic mass is 9.98. The highest BCUT2D eigenvalue weighted by Gasteiger charge is 2.27. The Balaban J connectivity index is 1.24. The molecule has 0 bridgehead atoms. The first-order valence-corrected chi connectivity index (χ1v) is 11.0. The third kappa shape index (κ3) is 3.56. The maximum absolute atomic E-state index is 12.9. The minimum Gasteiger partial charge on any atom is -0.337 e. The molecular weight excluding hydrogens is 366 g/mol. The minimum absolute atomic E-state index is 0.263. The molecule has 0 saturated carbocycles. The molecule has 4 nitrogen and oxygen atoms in total. The SMILES string of the molecule is O=C(CN1CCC[C@@H](c2nc3ccccc3s2)C1)N1CCc2ccccc2C1. The van der Waals surface area contributed by atoms with E-state index >= 15 is 0 Å². The summed E-state index contributed by atoms with van der Waals surface area (Å²) < 4.78 is 1.26. The van der Waals surface area contributed by atoms with Crippen molar-refractivity contribution in [2.75, 3.05) is 26.2 Å². The fourth-order valence-corrected chi connectivity index (χ4v) is 5.56. The van der Waals surface area contributed by atoms with Crippen LogP contribution < -0.4 is 0 Å². The standard InChI is InChI=1S/C23H25N3OS/c27-22(26-13-11-17-6-1-2-7-18(17)15-26)16-25-12-5-8-19(14-25)23-24-20-9-3-4-10-21(20)28-23/h1-4,6-7,9-10,19H,5,8,11-16H2/t19-/m1/s1. The number of thiazole rings is 1. The summed E-state index contributed by atoms with van der Waals surface area (Å²) in [6.45, 7) is 4.08. The molecule has 0 unspecified atom stereocenters. The van der Waals surface area contributed by atoms with Gasteiger partial charge in [0.05, 0.1) is 21.8 Å². The molecule has 5 rings (SSSR count). The molecule has 0 aliphatic carbocycles. The molecule has 0 radical (unpaired) electrons. The maximum atomic E-state index is 12.9. The number of nitrogens with zero attached hydrogens (tertiary/aromatic N) is 3. The van der Waals surface area contributed by atoms with Crippen LogP contribution in [0, 0.1) is 0 Å². The largest absolute Gasteiger partial charge is 0.337 e. The highest BCUT2D eigenvalue weighted by Crippen LogP contribution is 2.33. The number of likely N-dealkylation sites (tertiary alicyclic amines) is 1. The Hall–Kier alpha value is -2.24. The number of benzene rings is 2. The van der Waals surface area contributed by atoms with Crippen LogP contribution in [0.1, 0.15) is 34.9 Å². The van der Waals surface area contributed by atoms with Crippen LogP contribution >= 0.6 is 11.3 Å². The Morgan fingerprint density at radius 1 is 1.07 bits per heavy atom. The number of fused-ring (bicyclic) bond motifs is 2. The molecule has 3 aromatic rings. The Morgan fingerprint density at radius 2 is 1.89 bits per heavy atom. The van der Waals surface area contributed by atoms with Crippen LogP contribution in [0.15, 0.2) is 48.5 Å². The van der Waals surface area contributed by atoms with Crippen molar-refractivity contribution >= 4 is 27.5 Å². The van der Waals surface area contributed by atoms with Gasteiger partial charge < -0.3 is 4.90 Å². The van der Waals surface area contributed by atoms with E-state index < -0.39 is 0 Å². The second kappa shape index (κ2) is 7.64. The summed E-state index contributed by atoms with van der Waals surface area (Å²) in [7, 11) is 0. The first-order chi connectivity index (χ1) is 13.8. The Labute approximate surface area is 169 Å². The van der Waals surface area contributed by atoms with Crippen molar-refractivity contribution in [2.24, 2.45) is 0 Å². The number of piperidine rings is 1. The zero-order chi connectivity index (χ0) is 18.9.